The Morgan fingerprint density at radius 3 is 2.61 bits per heavy atom. The summed E-state index contributed by atoms with van der Waals surface area (Å²) < 4.78 is 7.49. The summed E-state index contributed by atoms with van der Waals surface area (Å²) in [6.07, 6.45) is 0. The fourth-order valence-corrected chi connectivity index (χ4v) is 4.11. The number of anilines is 2. The molecule has 1 saturated heterocycles. The molecule has 0 spiro atoms. The fraction of sp³-hybridized carbons (Fsp3) is 0.550. The van der Waals surface area contributed by atoms with E-state index in [9.17, 15) is 4.79 Å². The van der Waals surface area contributed by atoms with Crippen molar-refractivity contribution in [3.63, 3.8) is 0 Å². The van der Waals surface area contributed by atoms with Crippen LogP contribution in [0.2, 0.25) is 0 Å². The minimum absolute atomic E-state index is 0.0309. The van der Waals surface area contributed by atoms with E-state index in [1.807, 2.05) is 25.1 Å². The molecule has 1 unspecified atom stereocenters. The van der Waals surface area contributed by atoms with Gasteiger partial charge in [0.25, 0.3) is 0 Å². The van der Waals surface area contributed by atoms with E-state index in [4.69, 9.17) is 4.74 Å². The standard InChI is InChI=1S/C20H29N5O2S/c1-5-25-19(24-10-12-27-13-11-24)22-23-20(25)28-15(4)18(26)21-17-9-7-6-8-16(17)14(2)3/h6-9,14-15H,5,10-13H2,1-4H3,(H,21,26). The number of ether oxygens (including phenoxy) is 1. The van der Waals surface area contributed by atoms with Gasteiger partial charge in [-0.3, -0.25) is 9.36 Å². The van der Waals surface area contributed by atoms with Crippen LogP contribution in [0.1, 0.15) is 39.2 Å². The molecule has 0 radical (unpaired) electrons. The fourth-order valence-electron chi connectivity index (χ4n) is 3.20. The zero-order chi connectivity index (χ0) is 20.1. The zero-order valence-corrected chi connectivity index (χ0v) is 17.8. The summed E-state index contributed by atoms with van der Waals surface area (Å²) in [6, 6.07) is 7.96. The molecule has 1 amide bonds. The summed E-state index contributed by atoms with van der Waals surface area (Å²) in [4.78, 5) is 15.0. The van der Waals surface area contributed by atoms with Gasteiger partial charge in [0.1, 0.15) is 0 Å². The molecule has 7 nitrogen and oxygen atoms in total. The van der Waals surface area contributed by atoms with Crippen LogP contribution in [0.3, 0.4) is 0 Å². The molecule has 1 aromatic heterocycles. The molecule has 2 aromatic rings. The Balaban J connectivity index is 1.70. The van der Waals surface area contributed by atoms with Crippen molar-refractivity contribution in [2.24, 2.45) is 0 Å². The molecule has 0 bridgehead atoms. The summed E-state index contributed by atoms with van der Waals surface area (Å²) in [6.45, 7) is 12.0. The summed E-state index contributed by atoms with van der Waals surface area (Å²) >= 11 is 1.44. The number of amides is 1. The van der Waals surface area contributed by atoms with E-state index in [1.54, 1.807) is 0 Å². The number of thioether (sulfide) groups is 1. The lowest BCUT2D eigenvalue weighted by atomic mass is 10.0. The molecular formula is C20H29N5O2S. The van der Waals surface area contributed by atoms with Crippen LogP contribution in [-0.2, 0) is 16.1 Å². The monoisotopic (exact) mass is 403 g/mol. The number of morpholine rings is 1. The molecule has 28 heavy (non-hydrogen) atoms. The third-order valence-corrected chi connectivity index (χ3v) is 5.88. The first-order chi connectivity index (χ1) is 13.5. The quantitative estimate of drug-likeness (QED) is 0.715. The molecule has 1 atom stereocenters. The molecule has 1 fully saturated rings. The lowest BCUT2D eigenvalue weighted by Crippen LogP contribution is -2.38. The van der Waals surface area contributed by atoms with Gasteiger partial charge in [0, 0.05) is 25.3 Å². The van der Waals surface area contributed by atoms with E-state index < -0.39 is 0 Å². The third-order valence-electron chi connectivity index (χ3n) is 4.80. The van der Waals surface area contributed by atoms with Gasteiger partial charge >= 0.3 is 0 Å². The molecule has 0 aliphatic carbocycles. The number of nitrogens with one attached hydrogen (secondary N) is 1. The van der Waals surface area contributed by atoms with Crippen molar-refractivity contribution >= 4 is 29.3 Å². The second kappa shape index (κ2) is 9.43. The van der Waals surface area contributed by atoms with Crippen LogP contribution in [0.15, 0.2) is 29.4 Å². The minimum Gasteiger partial charge on any atom is -0.378 e. The SMILES string of the molecule is CCn1c(SC(C)C(=O)Nc2ccccc2C(C)C)nnc1N1CCOCC1. The van der Waals surface area contributed by atoms with Crippen molar-refractivity contribution in [2.75, 3.05) is 36.5 Å². The number of hydrogen-bond donors (Lipinski definition) is 1. The number of nitrogens with zero attached hydrogens (tertiary/aromatic N) is 4. The number of carbonyl (C=O) groups excluding carboxylic acids is 1. The zero-order valence-electron chi connectivity index (χ0n) is 17.0. The molecule has 3 rings (SSSR count). The van der Waals surface area contributed by atoms with Crippen LogP contribution in [0.4, 0.5) is 11.6 Å². The van der Waals surface area contributed by atoms with Crippen LogP contribution in [0.5, 0.6) is 0 Å². The molecule has 8 heteroatoms. The smallest absolute Gasteiger partial charge is 0.237 e. The Morgan fingerprint density at radius 2 is 1.93 bits per heavy atom. The molecule has 0 saturated carbocycles. The molecule has 1 aliphatic rings. The van der Waals surface area contributed by atoms with E-state index in [0.717, 1.165) is 42.0 Å². The van der Waals surface area contributed by atoms with Gasteiger partial charge in [-0.15, -0.1) is 10.2 Å². The van der Waals surface area contributed by atoms with Gasteiger partial charge in [0.15, 0.2) is 5.16 Å². The molecule has 2 heterocycles. The average Bonchev–Trinajstić information content (AvgIpc) is 3.11. The predicted molar refractivity (Wildman–Crippen MR) is 113 cm³/mol. The van der Waals surface area contributed by atoms with Crippen molar-refractivity contribution < 1.29 is 9.53 Å². The van der Waals surface area contributed by atoms with Gasteiger partial charge in [0.05, 0.1) is 18.5 Å². The largest absolute Gasteiger partial charge is 0.378 e. The maximum Gasteiger partial charge on any atom is 0.237 e. The van der Waals surface area contributed by atoms with Gasteiger partial charge in [-0.1, -0.05) is 43.8 Å². The minimum atomic E-state index is -0.285. The Morgan fingerprint density at radius 1 is 1.21 bits per heavy atom. The van der Waals surface area contributed by atoms with Gasteiger partial charge in [-0.25, -0.2) is 0 Å². The first kappa shape index (κ1) is 20.7. The van der Waals surface area contributed by atoms with Crippen LogP contribution in [-0.4, -0.2) is 52.2 Å². The normalized spacial score (nSPS) is 15.7. The Bertz CT molecular complexity index is 802. The second-order valence-corrected chi connectivity index (χ2v) is 8.43. The van der Waals surface area contributed by atoms with Gasteiger partial charge in [-0.2, -0.15) is 0 Å². The van der Waals surface area contributed by atoms with Gasteiger partial charge in [-0.05, 0) is 31.4 Å². The number of benzene rings is 1. The Kier molecular flexibility index (Phi) is 6.96. The van der Waals surface area contributed by atoms with Crippen LogP contribution < -0.4 is 10.2 Å². The Hall–Kier alpha value is -2.06. The highest BCUT2D eigenvalue weighted by Crippen LogP contribution is 2.28. The van der Waals surface area contributed by atoms with Crippen molar-refractivity contribution in [3.8, 4) is 0 Å². The molecule has 1 N–H and O–H groups in total. The topological polar surface area (TPSA) is 72.3 Å². The number of rotatable bonds is 7. The summed E-state index contributed by atoms with van der Waals surface area (Å²) in [5.74, 6) is 1.17. The number of carbonyl (C=O) groups is 1. The van der Waals surface area contributed by atoms with E-state index in [2.05, 4.69) is 51.8 Å². The van der Waals surface area contributed by atoms with E-state index in [0.29, 0.717) is 19.1 Å². The lowest BCUT2D eigenvalue weighted by molar-refractivity contribution is -0.115. The first-order valence-corrected chi connectivity index (χ1v) is 10.7. The van der Waals surface area contributed by atoms with Crippen LogP contribution >= 0.6 is 11.8 Å². The number of para-hydroxylation sites is 1. The van der Waals surface area contributed by atoms with Crippen molar-refractivity contribution in [1.82, 2.24) is 14.8 Å². The molecule has 152 valence electrons. The Labute approximate surface area is 170 Å². The summed E-state index contributed by atoms with van der Waals surface area (Å²) in [7, 11) is 0. The third kappa shape index (κ3) is 4.67. The maximum atomic E-state index is 12.8. The van der Waals surface area contributed by atoms with Crippen molar-refractivity contribution in [1.29, 1.82) is 0 Å². The van der Waals surface area contributed by atoms with Crippen molar-refractivity contribution in [3.05, 3.63) is 29.8 Å². The van der Waals surface area contributed by atoms with Crippen LogP contribution in [0.25, 0.3) is 0 Å². The average molecular weight is 404 g/mol. The van der Waals surface area contributed by atoms with E-state index in [-0.39, 0.29) is 11.2 Å². The maximum absolute atomic E-state index is 12.8. The highest BCUT2D eigenvalue weighted by Gasteiger charge is 2.23. The molecule has 1 aromatic carbocycles. The highest BCUT2D eigenvalue weighted by molar-refractivity contribution is 8.00. The van der Waals surface area contributed by atoms with Crippen LogP contribution in [0, 0.1) is 0 Å². The van der Waals surface area contributed by atoms with E-state index in [1.165, 1.54) is 11.8 Å². The van der Waals surface area contributed by atoms with Gasteiger partial charge in [0.2, 0.25) is 11.9 Å². The summed E-state index contributed by atoms with van der Waals surface area (Å²) in [5.41, 5.74) is 2.01. The first-order valence-electron chi connectivity index (χ1n) is 9.83. The van der Waals surface area contributed by atoms with Crippen molar-refractivity contribution in [2.45, 2.75) is 50.6 Å². The molecule has 1 aliphatic heterocycles. The number of aromatic nitrogens is 3. The highest BCUT2D eigenvalue weighted by atomic mass is 32.2. The second-order valence-electron chi connectivity index (χ2n) is 7.12. The predicted octanol–water partition coefficient (Wildman–Crippen LogP) is 3.38. The molecular weight excluding hydrogens is 374 g/mol. The van der Waals surface area contributed by atoms with Gasteiger partial charge < -0.3 is 15.0 Å². The summed E-state index contributed by atoms with van der Waals surface area (Å²) in [5, 5.41) is 12.3. The van der Waals surface area contributed by atoms with E-state index >= 15 is 0 Å². The number of hydrogen-bond acceptors (Lipinski definition) is 6. The lowest BCUT2D eigenvalue weighted by Gasteiger charge is -2.27.